The van der Waals surface area contributed by atoms with E-state index in [0.29, 0.717) is 23.5 Å². The SMILES string of the molecule is CC[C@H](NC(=O)c1c(CN2CCC(N3CCCCC3)CC2)n(-c2cccc(C)c2)c(=O)c2ccccc12)c1ccccc1. The highest BCUT2D eigenvalue weighted by Gasteiger charge is 2.29. The zero-order chi connectivity index (χ0) is 29.8. The van der Waals surface area contributed by atoms with Gasteiger partial charge in [-0.05, 0) is 81.4 Å². The van der Waals surface area contributed by atoms with Crippen LogP contribution in [0.4, 0.5) is 0 Å². The van der Waals surface area contributed by atoms with Gasteiger partial charge in [-0.3, -0.25) is 19.1 Å². The summed E-state index contributed by atoms with van der Waals surface area (Å²) >= 11 is 0. The average molecular weight is 577 g/mol. The Kier molecular flexibility index (Phi) is 9.06. The second kappa shape index (κ2) is 13.3. The molecule has 0 bridgehead atoms. The molecule has 1 amide bonds. The third-order valence-electron chi connectivity index (χ3n) is 9.43. The van der Waals surface area contributed by atoms with E-state index in [2.05, 4.69) is 34.2 Å². The molecule has 0 unspecified atom stereocenters. The molecule has 6 heteroatoms. The van der Waals surface area contributed by atoms with Gasteiger partial charge in [-0.2, -0.15) is 0 Å². The minimum atomic E-state index is -0.133. The van der Waals surface area contributed by atoms with Crippen molar-refractivity contribution in [1.82, 2.24) is 19.7 Å². The quantitative estimate of drug-likeness (QED) is 0.256. The van der Waals surface area contributed by atoms with Crippen molar-refractivity contribution in [3.8, 4) is 5.69 Å². The number of amides is 1. The molecule has 3 aromatic carbocycles. The molecular weight excluding hydrogens is 532 g/mol. The molecule has 4 aromatic rings. The van der Waals surface area contributed by atoms with Crippen LogP contribution in [0.2, 0.25) is 0 Å². The van der Waals surface area contributed by atoms with E-state index in [1.807, 2.05) is 78.2 Å². The predicted octanol–water partition coefficient (Wildman–Crippen LogP) is 6.63. The van der Waals surface area contributed by atoms with E-state index in [1.54, 1.807) is 0 Å². The van der Waals surface area contributed by atoms with Crippen LogP contribution in [-0.4, -0.2) is 52.5 Å². The molecule has 0 radical (unpaired) electrons. The summed E-state index contributed by atoms with van der Waals surface area (Å²) in [6.45, 7) is 9.03. The van der Waals surface area contributed by atoms with Gasteiger partial charge in [0, 0.05) is 42.1 Å². The van der Waals surface area contributed by atoms with E-state index in [0.717, 1.165) is 60.2 Å². The number of aryl methyl sites for hydroxylation is 1. The second-order valence-corrected chi connectivity index (χ2v) is 12.3. The summed E-state index contributed by atoms with van der Waals surface area (Å²) in [6, 6.07) is 26.3. The summed E-state index contributed by atoms with van der Waals surface area (Å²) in [7, 11) is 0. The van der Waals surface area contributed by atoms with E-state index in [4.69, 9.17) is 0 Å². The van der Waals surface area contributed by atoms with E-state index in [1.165, 1.54) is 32.4 Å². The Morgan fingerprint density at radius 1 is 0.860 bits per heavy atom. The number of benzene rings is 3. The molecule has 0 saturated carbocycles. The number of likely N-dealkylation sites (tertiary alicyclic amines) is 2. The van der Waals surface area contributed by atoms with Gasteiger partial charge in [0.25, 0.3) is 11.5 Å². The number of aromatic nitrogens is 1. The summed E-state index contributed by atoms with van der Waals surface area (Å²) in [5.41, 5.74) is 4.25. The summed E-state index contributed by atoms with van der Waals surface area (Å²) in [5.74, 6) is -0.133. The third kappa shape index (κ3) is 6.31. The molecule has 2 saturated heterocycles. The summed E-state index contributed by atoms with van der Waals surface area (Å²) in [6.07, 6.45) is 6.97. The number of carbonyl (C=O) groups is 1. The number of piperidine rings is 2. The molecule has 2 aliphatic heterocycles. The predicted molar refractivity (Wildman–Crippen MR) is 175 cm³/mol. The number of fused-ring (bicyclic) bond motifs is 1. The van der Waals surface area contributed by atoms with Crippen molar-refractivity contribution in [3.63, 3.8) is 0 Å². The fourth-order valence-corrected chi connectivity index (χ4v) is 7.12. The van der Waals surface area contributed by atoms with E-state index in [9.17, 15) is 9.59 Å². The van der Waals surface area contributed by atoms with E-state index < -0.39 is 0 Å². The minimum absolute atomic E-state index is 0.0777. The number of rotatable bonds is 8. The minimum Gasteiger partial charge on any atom is -0.345 e. The number of hydrogen-bond acceptors (Lipinski definition) is 4. The number of carbonyl (C=O) groups excluding carboxylic acids is 1. The van der Waals surface area contributed by atoms with Crippen molar-refractivity contribution in [2.24, 2.45) is 0 Å². The maximum atomic E-state index is 14.4. The molecule has 43 heavy (non-hydrogen) atoms. The zero-order valence-corrected chi connectivity index (χ0v) is 25.6. The Morgan fingerprint density at radius 3 is 2.26 bits per heavy atom. The Labute approximate surface area is 255 Å². The van der Waals surface area contributed by atoms with Crippen LogP contribution < -0.4 is 10.9 Å². The molecule has 2 fully saturated rings. The maximum Gasteiger partial charge on any atom is 0.263 e. The average Bonchev–Trinajstić information content (AvgIpc) is 3.05. The van der Waals surface area contributed by atoms with Gasteiger partial charge in [0.15, 0.2) is 0 Å². The lowest BCUT2D eigenvalue weighted by Crippen LogP contribution is -2.47. The first-order valence-corrected chi connectivity index (χ1v) is 16.1. The summed E-state index contributed by atoms with van der Waals surface area (Å²) in [5, 5.41) is 4.63. The number of nitrogens with one attached hydrogen (secondary N) is 1. The Morgan fingerprint density at radius 2 is 1.56 bits per heavy atom. The van der Waals surface area contributed by atoms with Gasteiger partial charge in [0.1, 0.15) is 0 Å². The molecule has 3 heterocycles. The lowest BCUT2D eigenvalue weighted by Gasteiger charge is -2.40. The smallest absolute Gasteiger partial charge is 0.263 e. The van der Waals surface area contributed by atoms with Gasteiger partial charge in [-0.15, -0.1) is 0 Å². The third-order valence-corrected chi connectivity index (χ3v) is 9.43. The lowest BCUT2D eigenvalue weighted by atomic mass is 9.97. The van der Waals surface area contributed by atoms with E-state index in [-0.39, 0.29) is 17.5 Å². The van der Waals surface area contributed by atoms with Crippen LogP contribution in [0.3, 0.4) is 0 Å². The molecule has 6 rings (SSSR count). The van der Waals surface area contributed by atoms with Gasteiger partial charge < -0.3 is 10.2 Å². The van der Waals surface area contributed by atoms with Gasteiger partial charge in [0.2, 0.25) is 0 Å². The largest absolute Gasteiger partial charge is 0.345 e. The molecule has 1 atom stereocenters. The second-order valence-electron chi connectivity index (χ2n) is 12.3. The van der Waals surface area contributed by atoms with Gasteiger partial charge >= 0.3 is 0 Å². The van der Waals surface area contributed by atoms with Crippen molar-refractivity contribution in [2.45, 2.75) is 71.0 Å². The monoisotopic (exact) mass is 576 g/mol. The van der Waals surface area contributed by atoms with Crippen molar-refractivity contribution in [1.29, 1.82) is 0 Å². The van der Waals surface area contributed by atoms with Crippen molar-refractivity contribution in [2.75, 3.05) is 26.2 Å². The normalized spacial score (nSPS) is 17.6. The van der Waals surface area contributed by atoms with Gasteiger partial charge in [0.05, 0.1) is 17.3 Å². The van der Waals surface area contributed by atoms with Crippen LogP contribution in [-0.2, 0) is 6.54 Å². The molecule has 6 nitrogen and oxygen atoms in total. The van der Waals surface area contributed by atoms with Crippen LogP contribution in [0.15, 0.2) is 83.7 Å². The molecule has 0 aliphatic carbocycles. The van der Waals surface area contributed by atoms with Crippen molar-refractivity contribution >= 4 is 16.7 Å². The molecular formula is C37H44N4O2. The van der Waals surface area contributed by atoms with Crippen LogP contribution in [0, 0.1) is 6.92 Å². The van der Waals surface area contributed by atoms with Gasteiger partial charge in [-0.25, -0.2) is 0 Å². The highest BCUT2D eigenvalue weighted by Crippen LogP contribution is 2.28. The first-order valence-electron chi connectivity index (χ1n) is 16.1. The first kappa shape index (κ1) is 29.3. The van der Waals surface area contributed by atoms with Crippen LogP contribution in [0.25, 0.3) is 16.5 Å². The number of pyridine rings is 1. The Hall–Kier alpha value is -3.74. The van der Waals surface area contributed by atoms with Crippen LogP contribution in [0.5, 0.6) is 0 Å². The number of nitrogens with zero attached hydrogens (tertiary/aromatic N) is 3. The van der Waals surface area contributed by atoms with Gasteiger partial charge in [-0.1, -0.05) is 74.0 Å². The molecule has 1 N–H and O–H groups in total. The maximum absolute atomic E-state index is 14.4. The van der Waals surface area contributed by atoms with E-state index >= 15 is 0 Å². The highest BCUT2D eigenvalue weighted by atomic mass is 16.2. The molecule has 1 aromatic heterocycles. The Balaban J connectivity index is 1.42. The first-order chi connectivity index (χ1) is 21.0. The fourth-order valence-electron chi connectivity index (χ4n) is 7.12. The summed E-state index contributed by atoms with van der Waals surface area (Å²) in [4.78, 5) is 33.8. The lowest BCUT2D eigenvalue weighted by molar-refractivity contribution is 0.0873. The fraction of sp³-hybridized carbons (Fsp3) is 0.405. The van der Waals surface area contributed by atoms with Crippen LogP contribution in [0.1, 0.15) is 78.7 Å². The highest BCUT2D eigenvalue weighted by molar-refractivity contribution is 6.08. The topological polar surface area (TPSA) is 57.6 Å². The molecule has 0 spiro atoms. The molecule has 224 valence electrons. The molecule has 2 aliphatic rings. The van der Waals surface area contributed by atoms with Crippen LogP contribution >= 0.6 is 0 Å². The zero-order valence-electron chi connectivity index (χ0n) is 25.6. The number of hydrogen-bond donors (Lipinski definition) is 1. The van der Waals surface area contributed by atoms with Crippen molar-refractivity contribution < 1.29 is 4.79 Å². The van der Waals surface area contributed by atoms with Crippen molar-refractivity contribution in [3.05, 3.63) is 112 Å². The summed E-state index contributed by atoms with van der Waals surface area (Å²) < 4.78 is 1.81. The standard InChI is InChI=1S/C37H44N4O2/c1-3-33(28-14-6-4-7-15-28)38-36(42)35-31-17-8-9-18-32(31)37(43)41(30-16-12-13-27(2)25-30)34(35)26-39-23-19-29(20-24-39)40-21-10-5-11-22-40/h4,6-9,12-18,25,29,33H,3,5,10-11,19-24,26H2,1-2H3,(H,38,42)/t33-/m0/s1. The Bertz CT molecular complexity index is 1620.